The van der Waals surface area contributed by atoms with Gasteiger partial charge in [-0.1, -0.05) is 0 Å². The van der Waals surface area contributed by atoms with Crippen LogP contribution in [0.4, 0.5) is 4.39 Å². The Morgan fingerprint density at radius 1 is 1.40 bits per heavy atom. The Bertz CT molecular complexity index is 532. The van der Waals surface area contributed by atoms with Crippen molar-refractivity contribution >= 4 is 11.9 Å². The van der Waals surface area contributed by atoms with Gasteiger partial charge in [0.05, 0.1) is 12.7 Å². The SMILES string of the molecule is COC(=O)[C@H]1CCCCN1C(=O)c1ccc(F)cc1O. The van der Waals surface area contributed by atoms with Gasteiger partial charge >= 0.3 is 5.97 Å². The molecule has 0 spiro atoms. The number of ether oxygens (including phenoxy) is 1. The topological polar surface area (TPSA) is 66.8 Å². The molecule has 1 saturated heterocycles. The van der Waals surface area contributed by atoms with Gasteiger partial charge in [0.25, 0.3) is 5.91 Å². The summed E-state index contributed by atoms with van der Waals surface area (Å²) in [6.45, 7) is 0.412. The van der Waals surface area contributed by atoms with E-state index in [1.807, 2.05) is 0 Å². The number of esters is 1. The van der Waals surface area contributed by atoms with E-state index in [2.05, 4.69) is 0 Å². The second-order valence-electron chi connectivity index (χ2n) is 4.69. The van der Waals surface area contributed by atoms with Crippen LogP contribution in [-0.2, 0) is 9.53 Å². The summed E-state index contributed by atoms with van der Waals surface area (Å²) in [7, 11) is 1.27. The van der Waals surface area contributed by atoms with Crippen LogP contribution in [0.15, 0.2) is 18.2 Å². The predicted molar refractivity (Wildman–Crippen MR) is 68.8 cm³/mol. The number of phenolic OH excluding ortho intramolecular Hbond substituents is 1. The van der Waals surface area contributed by atoms with Crippen molar-refractivity contribution in [1.29, 1.82) is 0 Å². The van der Waals surface area contributed by atoms with Crippen LogP contribution in [0.1, 0.15) is 29.6 Å². The minimum absolute atomic E-state index is 0.0118. The number of methoxy groups -OCH3 is 1. The van der Waals surface area contributed by atoms with Gasteiger partial charge in [0, 0.05) is 12.6 Å². The van der Waals surface area contributed by atoms with Crippen molar-refractivity contribution in [3.8, 4) is 5.75 Å². The molecule has 1 N–H and O–H groups in total. The van der Waals surface area contributed by atoms with E-state index in [-0.39, 0.29) is 5.56 Å². The van der Waals surface area contributed by atoms with Crippen molar-refractivity contribution in [1.82, 2.24) is 4.90 Å². The minimum atomic E-state index is -0.647. The van der Waals surface area contributed by atoms with Crippen molar-refractivity contribution in [2.45, 2.75) is 25.3 Å². The number of likely N-dealkylation sites (tertiary alicyclic amines) is 1. The number of benzene rings is 1. The molecule has 1 aliphatic heterocycles. The van der Waals surface area contributed by atoms with Gasteiger partial charge in [-0.3, -0.25) is 4.79 Å². The number of hydrogen-bond donors (Lipinski definition) is 1. The van der Waals surface area contributed by atoms with E-state index in [4.69, 9.17) is 4.74 Å². The van der Waals surface area contributed by atoms with Crippen LogP contribution >= 0.6 is 0 Å². The number of carbonyl (C=O) groups excluding carboxylic acids is 2. The Labute approximate surface area is 116 Å². The van der Waals surface area contributed by atoms with Crippen molar-refractivity contribution in [2.75, 3.05) is 13.7 Å². The average molecular weight is 281 g/mol. The molecule has 1 atom stereocenters. The molecule has 1 fully saturated rings. The highest BCUT2D eigenvalue weighted by Gasteiger charge is 2.34. The maximum Gasteiger partial charge on any atom is 0.328 e. The third kappa shape index (κ3) is 2.74. The number of hydrogen-bond acceptors (Lipinski definition) is 4. The van der Waals surface area contributed by atoms with Gasteiger partial charge in [-0.15, -0.1) is 0 Å². The zero-order valence-electron chi connectivity index (χ0n) is 11.1. The number of rotatable bonds is 2. The van der Waals surface area contributed by atoms with Crippen LogP contribution in [0.3, 0.4) is 0 Å². The normalized spacial score (nSPS) is 18.7. The van der Waals surface area contributed by atoms with Crippen LogP contribution < -0.4 is 0 Å². The molecule has 1 amide bonds. The van der Waals surface area contributed by atoms with E-state index < -0.39 is 29.5 Å². The monoisotopic (exact) mass is 281 g/mol. The fourth-order valence-electron chi connectivity index (χ4n) is 2.40. The predicted octanol–water partition coefficient (Wildman–Crippen LogP) is 1.70. The lowest BCUT2D eigenvalue weighted by molar-refractivity contribution is -0.147. The molecule has 1 heterocycles. The first kappa shape index (κ1) is 14.3. The van der Waals surface area contributed by atoms with Crippen molar-refractivity contribution in [2.24, 2.45) is 0 Å². The number of piperidine rings is 1. The molecule has 0 bridgehead atoms. The first-order chi connectivity index (χ1) is 9.54. The maximum atomic E-state index is 13.0. The first-order valence-corrected chi connectivity index (χ1v) is 6.42. The molecule has 6 heteroatoms. The van der Waals surface area contributed by atoms with E-state index >= 15 is 0 Å². The average Bonchev–Trinajstić information content (AvgIpc) is 2.46. The third-order valence-corrected chi connectivity index (χ3v) is 3.43. The number of carbonyl (C=O) groups is 2. The number of amides is 1. The van der Waals surface area contributed by atoms with Gasteiger partial charge in [-0.05, 0) is 31.4 Å². The summed E-state index contributed by atoms with van der Waals surface area (Å²) in [5, 5.41) is 9.67. The number of phenols is 1. The largest absolute Gasteiger partial charge is 0.507 e. The van der Waals surface area contributed by atoms with Crippen molar-refractivity contribution in [3.63, 3.8) is 0 Å². The van der Waals surface area contributed by atoms with Gasteiger partial charge < -0.3 is 14.7 Å². The highest BCUT2D eigenvalue weighted by Crippen LogP contribution is 2.25. The summed E-state index contributed by atoms with van der Waals surface area (Å²) >= 11 is 0. The highest BCUT2D eigenvalue weighted by atomic mass is 19.1. The molecule has 1 aliphatic rings. The molecule has 1 aromatic carbocycles. The van der Waals surface area contributed by atoms with Gasteiger partial charge in [0.2, 0.25) is 0 Å². The van der Waals surface area contributed by atoms with Crippen LogP contribution in [0.5, 0.6) is 5.75 Å². The Morgan fingerprint density at radius 2 is 2.15 bits per heavy atom. The summed E-state index contributed by atoms with van der Waals surface area (Å²) in [4.78, 5) is 25.5. The maximum absolute atomic E-state index is 13.0. The highest BCUT2D eigenvalue weighted by molar-refractivity contribution is 5.99. The number of nitrogens with zero attached hydrogens (tertiary/aromatic N) is 1. The Balaban J connectivity index is 2.27. The summed E-state index contributed by atoms with van der Waals surface area (Å²) < 4.78 is 17.7. The Hall–Kier alpha value is -2.11. The van der Waals surface area contributed by atoms with Gasteiger partial charge in [0.1, 0.15) is 17.6 Å². The molecule has 5 nitrogen and oxygen atoms in total. The molecule has 108 valence electrons. The molecule has 0 radical (unpaired) electrons. The van der Waals surface area contributed by atoms with Crippen molar-refractivity contribution < 1.29 is 23.8 Å². The van der Waals surface area contributed by atoms with Crippen LogP contribution in [0.25, 0.3) is 0 Å². The van der Waals surface area contributed by atoms with E-state index in [0.29, 0.717) is 13.0 Å². The first-order valence-electron chi connectivity index (χ1n) is 6.42. The van der Waals surface area contributed by atoms with E-state index in [0.717, 1.165) is 25.0 Å². The number of halogens is 1. The summed E-state index contributed by atoms with van der Waals surface area (Å²) in [6.07, 6.45) is 2.14. The molecular weight excluding hydrogens is 265 g/mol. The van der Waals surface area contributed by atoms with Gasteiger partial charge in [-0.25, -0.2) is 9.18 Å². The second kappa shape index (κ2) is 5.90. The molecule has 0 unspecified atom stereocenters. The summed E-state index contributed by atoms with van der Waals surface area (Å²) in [5.74, 6) is -2.01. The van der Waals surface area contributed by atoms with E-state index in [1.54, 1.807) is 0 Å². The summed E-state index contributed by atoms with van der Waals surface area (Å²) in [5.41, 5.74) is -0.0118. The fraction of sp³-hybridized carbons (Fsp3) is 0.429. The third-order valence-electron chi connectivity index (χ3n) is 3.43. The lowest BCUT2D eigenvalue weighted by Gasteiger charge is -2.33. The quantitative estimate of drug-likeness (QED) is 0.838. The molecule has 20 heavy (non-hydrogen) atoms. The second-order valence-corrected chi connectivity index (χ2v) is 4.69. The molecular formula is C14H16FNO4. The molecule has 0 aromatic heterocycles. The number of aromatic hydroxyl groups is 1. The zero-order valence-corrected chi connectivity index (χ0v) is 11.1. The minimum Gasteiger partial charge on any atom is -0.507 e. The molecule has 0 saturated carbocycles. The van der Waals surface area contributed by atoms with E-state index in [9.17, 15) is 19.1 Å². The standard InChI is InChI=1S/C14H16FNO4/c1-20-14(19)11-4-2-3-7-16(11)13(18)10-6-5-9(15)8-12(10)17/h5-6,8,11,17H,2-4,7H2,1H3/t11-/m1/s1. The van der Waals surface area contributed by atoms with Crippen LogP contribution in [-0.4, -0.2) is 41.6 Å². The van der Waals surface area contributed by atoms with Crippen LogP contribution in [0, 0.1) is 5.82 Å². The fourth-order valence-corrected chi connectivity index (χ4v) is 2.40. The summed E-state index contributed by atoms with van der Waals surface area (Å²) in [6, 6.07) is 2.55. The Morgan fingerprint density at radius 3 is 2.80 bits per heavy atom. The van der Waals surface area contributed by atoms with Crippen LogP contribution in [0.2, 0.25) is 0 Å². The lowest BCUT2D eigenvalue weighted by atomic mass is 10.0. The van der Waals surface area contributed by atoms with E-state index in [1.165, 1.54) is 18.1 Å². The molecule has 1 aromatic rings. The lowest BCUT2D eigenvalue weighted by Crippen LogP contribution is -2.48. The zero-order chi connectivity index (χ0) is 14.7. The van der Waals surface area contributed by atoms with Gasteiger partial charge in [0.15, 0.2) is 0 Å². The molecule has 0 aliphatic carbocycles. The molecule has 2 rings (SSSR count). The van der Waals surface area contributed by atoms with Gasteiger partial charge in [-0.2, -0.15) is 0 Å². The smallest absolute Gasteiger partial charge is 0.328 e. The van der Waals surface area contributed by atoms with Crippen molar-refractivity contribution in [3.05, 3.63) is 29.6 Å². The Kier molecular flexibility index (Phi) is 4.22.